The van der Waals surface area contributed by atoms with Crippen LogP contribution in [0.3, 0.4) is 0 Å². The Bertz CT molecular complexity index is 1160. The van der Waals surface area contributed by atoms with E-state index in [0.29, 0.717) is 5.95 Å². The fraction of sp³-hybridized carbons (Fsp3) is 0.182. The molecule has 134 valence electrons. The maximum absolute atomic E-state index is 5.54. The number of methoxy groups -OCH3 is 1. The normalized spacial score (nSPS) is 12.5. The Kier molecular flexibility index (Phi) is 3.60. The molecule has 0 atom stereocenters. The second-order valence-electron chi connectivity index (χ2n) is 6.88. The Hall–Kier alpha value is -3.34. The van der Waals surface area contributed by atoms with Gasteiger partial charge in [0, 0.05) is 47.2 Å². The monoisotopic (exact) mass is 356 g/mol. The van der Waals surface area contributed by atoms with Gasteiger partial charge >= 0.3 is 0 Å². The van der Waals surface area contributed by atoms with Crippen LogP contribution < -0.4 is 10.1 Å². The van der Waals surface area contributed by atoms with Gasteiger partial charge in [-0.05, 0) is 48.7 Å². The third-order valence-corrected chi connectivity index (χ3v) is 5.26. The second kappa shape index (κ2) is 6.13. The zero-order chi connectivity index (χ0) is 18.4. The highest BCUT2D eigenvalue weighted by Crippen LogP contribution is 2.37. The molecule has 5 rings (SSSR count). The lowest BCUT2D eigenvalue weighted by Crippen LogP contribution is -2.09. The average molecular weight is 356 g/mol. The van der Waals surface area contributed by atoms with E-state index < -0.39 is 0 Å². The number of hydrogen-bond donors (Lipinski definition) is 1. The molecule has 2 aromatic heterocycles. The first-order valence-electron chi connectivity index (χ1n) is 9.07. The summed E-state index contributed by atoms with van der Waals surface area (Å²) in [5, 5.41) is 4.54. The summed E-state index contributed by atoms with van der Waals surface area (Å²) >= 11 is 0. The summed E-state index contributed by atoms with van der Waals surface area (Å²) in [5.74, 6) is 1.54. The van der Waals surface area contributed by atoms with Crippen LogP contribution in [0.1, 0.15) is 11.1 Å². The van der Waals surface area contributed by atoms with E-state index in [0.717, 1.165) is 35.5 Å². The number of aromatic nitrogens is 3. The molecule has 4 aromatic rings. The topological polar surface area (TPSA) is 52.0 Å². The van der Waals surface area contributed by atoms with E-state index in [-0.39, 0.29) is 0 Å². The Balaban J connectivity index is 1.53. The number of nitrogens with one attached hydrogen (secondary N) is 1. The van der Waals surface area contributed by atoms with Crippen molar-refractivity contribution in [2.24, 2.45) is 7.05 Å². The summed E-state index contributed by atoms with van der Waals surface area (Å²) in [6.07, 6.45) is 5.88. The molecule has 1 aliphatic rings. The molecule has 2 aromatic carbocycles. The van der Waals surface area contributed by atoms with Crippen molar-refractivity contribution in [3.8, 4) is 17.0 Å². The second-order valence-corrected chi connectivity index (χ2v) is 6.88. The summed E-state index contributed by atoms with van der Waals surface area (Å²) in [4.78, 5) is 9.36. The molecule has 2 heterocycles. The first-order chi connectivity index (χ1) is 13.2. The zero-order valence-corrected chi connectivity index (χ0v) is 15.4. The number of nitrogens with zero attached hydrogens (tertiary/aromatic N) is 3. The summed E-state index contributed by atoms with van der Waals surface area (Å²) in [7, 11) is 3.77. The molecule has 1 N–H and O–H groups in total. The highest BCUT2D eigenvalue weighted by Gasteiger charge is 2.21. The van der Waals surface area contributed by atoms with Gasteiger partial charge in [0.25, 0.3) is 0 Å². The minimum absolute atomic E-state index is 0.611. The third-order valence-electron chi connectivity index (χ3n) is 5.26. The van der Waals surface area contributed by atoms with Crippen molar-refractivity contribution in [3.05, 3.63) is 66.0 Å². The molecule has 0 aliphatic heterocycles. The fourth-order valence-corrected chi connectivity index (χ4v) is 3.87. The summed E-state index contributed by atoms with van der Waals surface area (Å²) in [6.45, 7) is 0. The summed E-state index contributed by atoms with van der Waals surface area (Å²) in [5.41, 5.74) is 6.72. The molecule has 1 aliphatic carbocycles. The summed E-state index contributed by atoms with van der Waals surface area (Å²) < 4.78 is 7.65. The molecular formula is C22H20N4O. The van der Waals surface area contributed by atoms with Crippen molar-refractivity contribution in [3.63, 3.8) is 0 Å². The van der Waals surface area contributed by atoms with Crippen molar-refractivity contribution in [1.82, 2.24) is 14.5 Å². The SMILES string of the molecule is COc1cccc2c1CCc1cnc(Nc3ccc4c(ccn4C)c3)nc1-2. The van der Waals surface area contributed by atoms with Gasteiger partial charge in [0.1, 0.15) is 5.75 Å². The highest BCUT2D eigenvalue weighted by molar-refractivity contribution is 5.84. The zero-order valence-electron chi connectivity index (χ0n) is 15.4. The number of rotatable bonds is 3. The van der Waals surface area contributed by atoms with E-state index in [4.69, 9.17) is 9.72 Å². The van der Waals surface area contributed by atoms with E-state index in [1.165, 1.54) is 22.0 Å². The van der Waals surface area contributed by atoms with E-state index in [1.807, 2.05) is 25.4 Å². The molecule has 0 fully saturated rings. The lowest BCUT2D eigenvalue weighted by atomic mass is 9.89. The minimum atomic E-state index is 0.611. The van der Waals surface area contributed by atoms with Crippen LogP contribution in [0.25, 0.3) is 22.2 Å². The van der Waals surface area contributed by atoms with Gasteiger partial charge < -0.3 is 14.6 Å². The lowest BCUT2D eigenvalue weighted by molar-refractivity contribution is 0.409. The van der Waals surface area contributed by atoms with Crippen LogP contribution in [0, 0.1) is 0 Å². The molecule has 0 amide bonds. The predicted octanol–water partition coefficient (Wildman–Crippen LogP) is 4.49. The molecule has 0 saturated carbocycles. The quantitative estimate of drug-likeness (QED) is 0.588. The Morgan fingerprint density at radius 3 is 2.93 bits per heavy atom. The van der Waals surface area contributed by atoms with E-state index in [1.54, 1.807) is 7.11 Å². The van der Waals surface area contributed by atoms with Crippen molar-refractivity contribution in [2.75, 3.05) is 12.4 Å². The van der Waals surface area contributed by atoms with Crippen LogP contribution in [0.15, 0.2) is 54.9 Å². The first-order valence-corrected chi connectivity index (χ1v) is 9.07. The number of hydrogen-bond acceptors (Lipinski definition) is 4. The van der Waals surface area contributed by atoms with Crippen LogP contribution in [-0.2, 0) is 19.9 Å². The van der Waals surface area contributed by atoms with Crippen molar-refractivity contribution < 1.29 is 4.74 Å². The number of aryl methyl sites for hydroxylation is 2. The highest BCUT2D eigenvalue weighted by atomic mass is 16.5. The van der Waals surface area contributed by atoms with Crippen LogP contribution in [0.5, 0.6) is 5.75 Å². The van der Waals surface area contributed by atoms with Gasteiger partial charge in [-0.3, -0.25) is 0 Å². The van der Waals surface area contributed by atoms with Crippen molar-refractivity contribution in [1.29, 1.82) is 0 Å². The molecule has 0 bridgehead atoms. The van der Waals surface area contributed by atoms with E-state index >= 15 is 0 Å². The minimum Gasteiger partial charge on any atom is -0.496 e. The van der Waals surface area contributed by atoms with E-state index in [9.17, 15) is 0 Å². The van der Waals surface area contributed by atoms with Gasteiger partial charge in [-0.15, -0.1) is 0 Å². The lowest BCUT2D eigenvalue weighted by Gasteiger charge is -2.21. The summed E-state index contributed by atoms with van der Waals surface area (Å²) in [6, 6.07) is 14.5. The number of fused-ring (bicyclic) bond motifs is 4. The number of benzene rings is 2. The molecular weight excluding hydrogens is 336 g/mol. The van der Waals surface area contributed by atoms with Gasteiger partial charge in [0.2, 0.25) is 5.95 Å². The molecule has 0 saturated heterocycles. The molecule has 0 unspecified atom stereocenters. The predicted molar refractivity (Wildman–Crippen MR) is 108 cm³/mol. The van der Waals surface area contributed by atoms with Crippen molar-refractivity contribution >= 4 is 22.5 Å². The maximum Gasteiger partial charge on any atom is 0.227 e. The van der Waals surface area contributed by atoms with Crippen LogP contribution >= 0.6 is 0 Å². The van der Waals surface area contributed by atoms with Crippen LogP contribution in [0.4, 0.5) is 11.6 Å². The fourth-order valence-electron chi connectivity index (χ4n) is 3.87. The maximum atomic E-state index is 5.54. The first kappa shape index (κ1) is 15.9. The van der Waals surface area contributed by atoms with Gasteiger partial charge in [-0.1, -0.05) is 12.1 Å². The molecule has 5 nitrogen and oxygen atoms in total. The molecule has 0 spiro atoms. The van der Waals surface area contributed by atoms with Gasteiger partial charge in [0.15, 0.2) is 0 Å². The smallest absolute Gasteiger partial charge is 0.227 e. The molecule has 5 heteroatoms. The molecule has 27 heavy (non-hydrogen) atoms. The van der Waals surface area contributed by atoms with Crippen LogP contribution in [-0.4, -0.2) is 21.6 Å². The number of ether oxygens (including phenoxy) is 1. The Labute approximate surface area is 157 Å². The van der Waals surface area contributed by atoms with Gasteiger partial charge in [-0.2, -0.15) is 0 Å². The third kappa shape index (κ3) is 2.63. The number of anilines is 2. The Morgan fingerprint density at radius 2 is 2.04 bits per heavy atom. The van der Waals surface area contributed by atoms with Crippen LogP contribution in [0.2, 0.25) is 0 Å². The van der Waals surface area contributed by atoms with E-state index in [2.05, 4.69) is 51.4 Å². The average Bonchev–Trinajstić information content (AvgIpc) is 3.07. The Morgan fingerprint density at radius 1 is 1.11 bits per heavy atom. The van der Waals surface area contributed by atoms with Gasteiger partial charge in [0.05, 0.1) is 12.8 Å². The standard InChI is InChI=1S/C22H20N4O/c1-26-11-10-14-12-16(7-9-19(14)26)24-22-23-13-15-6-8-17-18(21(15)25-22)4-3-5-20(17)27-2/h3-5,7,9-13H,6,8H2,1-2H3,(H,23,24,25). The van der Waals surface area contributed by atoms with Gasteiger partial charge in [-0.25, -0.2) is 9.97 Å². The van der Waals surface area contributed by atoms with Crippen molar-refractivity contribution in [2.45, 2.75) is 12.8 Å². The molecule has 0 radical (unpaired) electrons. The largest absolute Gasteiger partial charge is 0.496 e.